The van der Waals surface area contributed by atoms with Crippen LogP contribution in [0.3, 0.4) is 0 Å². The summed E-state index contributed by atoms with van der Waals surface area (Å²) in [6, 6.07) is 10.8. The molecule has 1 amide bonds. The molecule has 11 nitrogen and oxygen atoms in total. The molecule has 1 aromatic carbocycles. The summed E-state index contributed by atoms with van der Waals surface area (Å²) in [5, 5.41) is 23.4. The molecular weight excluding hydrogens is 462 g/mol. The highest BCUT2D eigenvalue weighted by molar-refractivity contribution is 5.82. The maximum Gasteiger partial charge on any atom is 0.263 e. The quantitative estimate of drug-likeness (QED) is 0.423. The number of aryl methyl sites for hydroxylation is 1. The molecule has 1 fully saturated rings. The molecule has 1 aliphatic heterocycles. The molecule has 180 valence electrons. The van der Waals surface area contributed by atoms with Gasteiger partial charge in [-0.25, -0.2) is 13.5 Å². The third-order valence-corrected chi connectivity index (χ3v) is 5.37. The molecule has 1 aliphatic rings. The Bertz CT molecular complexity index is 1320. The fourth-order valence-electron chi connectivity index (χ4n) is 3.61. The summed E-state index contributed by atoms with van der Waals surface area (Å²) in [6.45, 7) is 3.13. The molecule has 0 spiro atoms. The minimum atomic E-state index is -2.57. The second kappa shape index (κ2) is 9.44. The van der Waals surface area contributed by atoms with Gasteiger partial charge in [0.1, 0.15) is 29.4 Å². The SMILES string of the molecule is Cc1cc(-c2nnn(-c3ccc(C(F)F)cc3)c2COc2ccc(N3CCNC(=O)C3)nn2)no1. The van der Waals surface area contributed by atoms with Gasteiger partial charge < -0.3 is 19.5 Å². The van der Waals surface area contributed by atoms with Crippen LogP contribution in [0.2, 0.25) is 0 Å². The van der Waals surface area contributed by atoms with Crippen molar-refractivity contribution < 1.29 is 22.8 Å². The number of anilines is 1. The van der Waals surface area contributed by atoms with Crippen molar-refractivity contribution >= 4 is 11.7 Å². The minimum Gasteiger partial charge on any atom is -0.470 e. The van der Waals surface area contributed by atoms with Crippen molar-refractivity contribution in [3.05, 3.63) is 59.5 Å². The number of rotatable bonds is 7. The summed E-state index contributed by atoms with van der Waals surface area (Å²) in [4.78, 5) is 13.4. The van der Waals surface area contributed by atoms with Crippen molar-refractivity contribution in [1.29, 1.82) is 0 Å². The lowest BCUT2D eigenvalue weighted by Crippen LogP contribution is -2.48. The van der Waals surface area contributed by atoms with Crippen molar-refractivity contribution in [3.8, 4) is 23.0 Å². The number of alkyl halides is 2. The average molecular weight is 482 g/mol. The van der Waals surface area contributed by atoms with Crippen LogP contribution in [0.5, 0.6) is 5.88 Å². The number of ether oxygens (including phenoxy) is 1. The second-order valence-electron chi connectivity index (χ2n) is 7.80. The molecule has 4 aromatic rings. The highest BCUT2D eigenvalue weighted by atomic mass is 19.3. The number of nitrogens with zero attached hydrogens (tertiary/aromatic N) is 7. The number of carbonyl (C=O) groups is 1. The molecule has 0 saturated carbocycles. The first-order chi connectivity index (χ1) is 17.0. The normalized spacial score (nSPS) is 13.8. The summed E-state index contributed by atoms with van der Waals surface area (Å²) in [6.07, 6.45) is -2.57. The van der Waals surface area contributed by atoms with Gasteiger partial charge in [-0.3, -0.25) is 4.79 Å². The van der Waals surface area contributed by atoms with Gasteiger partial charge in [0.05, 0.1) is 12.2 Å². The minimum absolute atomic E-state index is 0.00894. The van der Waals surface area contributed by atoms with E-state index in [9.17, 15) is 13.6 Å². The largest absolute Gasteiger partial charge is 0.470 e. The Kier molecular flexibility index (Phi) is 6.04. The van der Waals surface area contributed by atoms with Crippen molar-refractivity contribution in [2.45, 2.75) is 20.0 Å². The molecular formula is C22H20F2N8O3. The molecule has 1 N–H and O–H groups in total. The standard InChI is InChI=1S/C22H20F2N8O3/c1-13-10-16(29-35-13)21-17(32(30-28-21)15-4-2-14(3-5-15)22(23)24)12-34-20-7-6-18(26-27-20)31-9-8-25-19(33)11-31/h2-7,10,22H,8-9,11-12H2,1H3,(H,25,33). The van der Waals surface area contributed by atoms with Gasteiger partial charge in [-0.15, -0.1) is 15.3 Å². The van der Waals surface area contributed by atoms with Crippen LogP contribution < -0.4 is 15.0 Å². The maximum atomic E-state index is 13.0. The van der Waals surface area contributed by atoms with E-state index in [0.29, 0.717) is 47.4 Å². The predicted molar refractivity (Wildman–Crippen MR) is 118 cm³/mol. The van der Waals surface area contributed by atoms with Crippen LogP contribution in [0, 0.1) is 6.92 Å². The number of nitrogens with one attached hydrogen (secondary N) is 1. The third-order valence-electron chi connectivity index (χ3n) is 5.37. The highest BCUT2D eigenvalue weighted by Crippen LogP contribution is 2.26. The molecule has 4 heterocycles. The van der Waals surface area contributed by atoms with E-state index in [0.717, 1.165) is 0 Å². The van der Waals surface area contributed by atoms with Crippen LogP contribution in [-0.4, -0.2) is 55.9 Å². The summed E-state index contributed by atoms with van der Waals surface area (Å²) in [5.74, 6) is 1.34. The van der Waals surface area contributed by atoms with E-state index in [-0.39, 0.29) is 30.5 Å². The van der Waals surface area contributed by atoms with Crippen LogP contribution in [0.15, 0.2) is 47.0 Å². The van der Waals surface area contributed by atoms with Gasteiger partial charge in [-0.1, -0.05) is 22.5 Å². The fraction of sp³-hybridized carbons (Fsp3) is 0.273. The fourth-order valence-corrected chi connectivity index (χ4v) is 3.61. The van der Waals surface area contributed by atoms with Crippen LogP contribution in [0.1, 0.15) is 23.4 Å². The number of hydrogen-bond acceptors (Lipinski definition) is 9. The van der Waals surface area contributed by atoms with Crippen LogP contribution in [0.4, 0.5) is 14.6 Å². The van der Waals surface area contributed by atoms with Crippen LogP contribution >= 0.6 is 0 Å². The zero-order valence-electron chi connectivity index (χ0n) is 18.6. The van der Waals surface area contributed by atoms with E-state index >= 15 is 0 Å². The lowest BCUT2D eigenvalue weighted by molar-refractivity contribution is -0.120. The number of halogens is 2. The Balaban J connectivity index is 1.39. The van der Waals surface area contributed by atoms with Gasteiger partial charge in [0.15, 0.2) is 5.82 Å². The zero-order chi connectivity index (χ0) is 24.4. The Morgan fingerprint density at radius 1 is 1.14 bits per heavy atom. The molecule has 0 atom stereocenters. The highest BCUT2D eigenvalue weighted by Gasteiger charge is 2.21. The van der Waals surface area contributed by atoms with E-state index in [1.54, 1.807) is 25.1 Å². The molecule has 13 heteroatoms. The first-order valence-electron chi connectivity index (χ1n) is 10.7. The first kappa shape index (κ1) is 22.4. The smallest absolute Gasteiger partial charge is 0.263 e. The zero-order valence-corrected chi connectivity index (χ0v) is 18.6. The van der Waals surface area contributed by atoms with Crippen LogP contribution in [-0.2, 0) is 11.4 Å². The topological polar surface area (TPSA) is 124 Å². The average Bonchev–Trinajstić information content (AvgIpc) is 3.49. The molecule has 0 radical (unpaired) electrons. The number of aromatic nitrogens is 6. The lowest BCUT2D eigenvalue weighted by atomic mass is 10.2. The van der Waals surface area contributed by atoms with E-state index in [1.807, 2.05) is 4.90 Å². The molecule has 1 saturated heterocycles. The van der Waals surface area contributed by atoms with Gasteiger partial charge in [-0.05, 0) is 25.1 Å². The van der Waals surface area contributed by atoms with Crippen molar-refractivity contribution in [2.24, 2.45) is 0 Å². The Hall–Kier alpha value is -4.42. The second-order valence-corrected chi connectivity index (χ2v) is 7.80. The summed E-state index contributed by atoms with van der Waals surface area (Å²) in [7, 11) is 0. The van der Waals surface area contributed by atoms with Crippen LogP contribution in [0.25, 0.3) is 17.1 Å². The number of piperazine rings is 1. The molecule has 0 bridgehead atoms. The monoisotopic (exact) mass is 482 g/mol. The molecule has 5 rings (SSSR count). The van der Waals surface area contributed by atoms with Gasteiger partial charge in [0, 0.05) is 30.8 Å². The number of carbonyl (C=O) groups excluding carboxylic acids is 1. The van der Waals surface area contributed by atoms with E-state index < -0.39 is 6.43 Å². The Morgan fingerprint density at radius 2 is 1.97 bits per heavy atom. The number of hydrogen-bond donors (Lipinski definition) is 1. The first-order valence-corrected chi connectivity index (χ1v) is 10.7. The molecule has 35 heavy (non-hydrogen) atoms. The van der Waals surface area contributed by atoms with Gasteiger partial charge in [-0.2, -0.15) is 0 Å². The Labute approximate surface area is 197 Å². The van der Waals surface area contributed by atoms with Crippen molar-refractivity contribution in [3.63, 3.8) is 0 Å². The third kappa shape index (κ3) is 4.78. The van der Waals surface area contributed by atoms with Crippen molar-refractivity contribution in [1.82, 2.24) is 35.7 Å². The lowest BCUT2D eigenvalue weighted by Gasteiger charge is -2.26. The van der Waals surface area contributed by atoms with Gasteiger partial charge >= 0.3 is 0 Å². The summed E-state index contributed by atoms with van der Waals surface area (Å²) < 4.78 is 38.5. The maximum absolute atomic E-state index is 13.0. The predicted octanol–water partition coefficient (Wildman–Crippen LogP) is 2.47. The molecule has 3 aromatic heterocycles. The van der Waals surface area contributed by atoms with E-state index in [1.165, 1.54) is 28.9 Å². The van der Waals surface area contributed by atoms with Crippen molar-refractivity contribution in [2.75, 3.05) is 24.5 Å². The molecule has 0 unspecified atom stereocenters. The Morgan fingerprint density at radius 3 is 2.63 bits per heavy atom. The number of benzene rings is 1. The summed E-state index contributed by atoms with van der Waals surface area (Å²) >= 11 is 0. The van der Waals surface area contributed by atoms with E-state index in [4.69, 9.17) is 9.26 Å². The van der Waals surface area contributed by atoms with Gasteiger partial charge in [0.2, 0.25) is 11.8 Å². The number of amides is 1. The van der Waals surface area contributed by atoms with Gasteiger partial charge in [0.25, 0.3) is 6.43 Å². The summed E-state index contributed by atoms with van der Waals surface area (Å²) in [5.41, 5.74) is 1.82. The molecule has 0 aliphatic carbocycles. The van der Waals surface area contributed by atoms with E-state index in [2.05, 4.69) is 31.0 Å².